The van der Waals surface area contributed by atoms with Crippen LogP contribution in [0.2, 0.25) is 0 Å². The highest BCUT2D eigenvalue weighted by atomic mass is 15.2. The average Bonchev–Trinajstić information content (AvgIpc) is 2.41. The van der Waals surface area contributed by atoms with Gasteiger partial charge in [0, 0.05) is 18.1 Å². The highest BCUT2D eigenvalue weighted by Crippen LogP contribution is 2.38. The molecule has 1 saturated heterocycles. The molecule has 1 aliphatic heterocycles. The summed E-state index contributed by atoms with van der Waals surface area (Å²) in [5, 5.41) is 0. The molecule has 1 nitrogen and oxygen atoms in total. The molecule has 0 spiro atoms. The van der Waals surface area contributed by atoms with Crippen molar-refractivity contribution in [3.05, 3.63) is 0 Å². The lowest BCUT2D eigenvalue weighted by atomic mass is 9.87. The van der Waals surface area contributed by atoms with Crippen molar-refractivity contribution in [1.29, 1.82) is 0 Å². The fourth-order valence-electron chi connectivity index (χ4n) is 3.15. The van der Waals surface area contributed by atoms with Crippen molar-refractivity contribution in [2.24, 2.45) is 17.8 Å². The molecule has 1 unspecified atom stereocenters. The van der Waals surface area contributed by atoms with Gasteiger partial charge in [-0.2, -0.15) is 0 Å². The lowest BCUT2D eigenvalue weighted by molar-refractivity contribution is 0.0607. The normalized spacial score (nSPS) is 34.0. The van der Waals surface area contributed by atoms with E-state index in [0.717, 1.165) is 23.8 Å². The molecule has 0 aromatic heterocycles. The summed E-state index contributed by atoms with van der Waals surface area (Å²) in [5.74, 6) is 2.48. The molecule has 0 aromatic carbocycles. The molecule has 1 heterocycles. The molecule has 15 heavy (non-hydrogen) atoms. The summed E-state index contributed by atoms with van der Waals surface area (Å²) >= 11 is 0. The lowest BCUT2D eigenvalue weighted by Crippen LogP contribution is -2.50. The van der Waals surface area contributed by atoms with E-state index in [2.05, 4.69) is 53.4 Å². The van der Waals surface area contributed by atoms with E-state index in [-0.39, 0.29) is 0 Å². The van der Waals surface area contributed by atoms with Gasteiger partial charge in [0.15, 0.2) is 0 Å². The van der Waals surface area contributed by atoms with Gasteiger partial charge in [-0.1, -0.05) is 34.1 Å². The molecule has 0 aromatic rings. The topological polar surface area (TPSA) is 3.24 Å². The summed E-state index contributed by atoms with van der Waals surface area (Å²) in [6, 6.07) is 0.752. The first-order chi connectivity index (χ1) is 6.82. The van der Waals surface area contributed by atoms with Gasteiger partial charge in [-0.3, -0.25) is 4.90 Å². The van der Waals surface area contributed by atoms with Crippen molar-refractivity contribution >= 4 is 0 Å². The van der Waals surface area contributed by atoms with Gasteiger partial charge in [0.25, 0.3) is 0 Å². The molecular formula is C14H29N. The summed E-state index contributed by atoms with van der Waals surface area (Å²) in [7, 11) is 0. The van der Waals surface area contributed by atoms with Crippen molar-refractivity contribution in [1.82, 2.24) is 4.90 Å². The van der Waals surface area contributed by atoms with Crippen LogP contribution in [0.5, 0.6) is 0 Å². The Balaban J connectivity index is 2.82. The highest BCUT2D eigenvalue weighted by Gasteiger charge is 2.43. The SMILES string of the molecule is CC[C@H]1C(C)N(C(C)(C)C(C)C)C[C@@H]1C. The molecule has 0 amide bonds. The first-order valence-corrected chi connectivity index (χ1v) is 6.59. The van der Waals surface area contributed by atoms with Crippen molar-refractivity contribution < 1.29 is 0 Å². The maximum Gasteiger partial charge on any atom is 0.0179 e. The summed E-state index contributed by atoms with van der Waals surface area (Å²) < 4.78 is 0. The smallest absolute Gasteiger partial charge is 0.0179 e. The van der Waals surface area contributed by atoms with Crippen LogP contribution in [0.4, 0.5) is 0 Å². The molecule has 1 aliphatic rings. The molecule has 1 rings (SSSR count). The van der Waals surface area contributed by atoms with E-state index < -0.39 is 0 Å². The third-order valence-electron chi connectivity index (χ3n) is 4.95. The third kappa shape index (κ3) is 2.22. The molecule has 0 bridgehead atoms. The van der Waals surface area contributed by atoms with E-state index in [4.69, 9.17) is 0 Å². The van der Waals surface area contributed by atoms with Crippen LogP contribution in [0.1, 0.15) is 54.9 Å². The minimum Gasteiger partial charge on any atom is -0.295 e. The molecule has 0 N–H and O–H groups in total. The molecule has 0 aliphatic carbocycles. The van der Waals surface area contributed by atoms with Gasteiger partial charge >= 0.3 is 0 Å². The lowest BCUT2D eigenvalue weighted by Gasteiger charge is -2.42. The van der Waals surface area contributed by atoms with Crippen LogP contribution in [0.25, 0.3) is 0 Å². The maximum absolute atomic E-state index is 2.73. The molecule has 0 radical (unpaired) electrons. The van der Waals surface area contributed by atoms with Crippen LogP contribution in [0.3, 0.4) is 0 Å². The van der Waals surface area contributed by atoms with Crippen LogP contribution in [0, 0.1) is 17.8 Å². The van der Waals surface area contributed by atoms with E-state index in [1.54, 1.807) is 0 Å². The van der Waals surface area contributed by atoms with Gasteiger partial charge < -0.3 is 0 Å². The predicted octanol–water partition coefficient (Wildman–Crippen LogP) is 3.79. The van der Waals surface area contributed by atoms with Gasteiger partial charge in [0.2, 0.25) is 0 Å². The highest BCUT2D eigenvalue weighted by molar-refractivity contribution is 4.96. The first kappa shape index (κ1) is 13.0. The predicted molar refractivity (Wildman–Crippen MR) is 68.0 cm³/mol. The monoisotopic (exact) mass is 211 g/mol. The van der Waals surface area contributed by atoms with E-state index in [9.17, 15) is 0 Å². The summed E-state index contributed by atoms with van der Waals surface area (Å²) in [6.07, 6.45) is 1.33. The van der Waals surface area contributed by atoms with E-state index in [1.165, 1.54) is 13.0 Å². The quantitative estimate of drug-likeness (QED) is 0.686. The zero-order valence-corrected chi connectivity index (χ0v) is 11.7. The molecule has 3 atom stereocenters. The van der Waals surface area contributed by atoms with Gasteiger partial charge in [0.1, 0.15) is 0 Å². The fourth-order valence-corrected chi connectivity index (χ4v) is 3.15. The Morgan fingerprint density at radius 2 is 1.80 bits per heavy atom. The van der Waals surface area contributed by atoms with Gasteiger partial charge in [-0.15, -0.1) is 0 Å². The van der Waals surface area contributed by atoms with Crippen molar-refractivity contribution in [3.63, 3.8) is 0 Å². The minimum absolute atomic E-state index is 0.345. The Morgan fingerprint density at radius 1 is 1.27 bits per heavy atom. The Bertz CT molecular complexity index is 207. The Morgan fingerprint density at radius 3 is 2.13 bits per heavy atom. The fraction of sp³-hybridized carbons (Fsp3) is 1.00. The largest absolute Gasteiger partial charge is 0.295 e. The van der Waals surface area contributed by atoms with Crippen LogP contribution in [-0.2, 0) is 0 Å². The maximum atomic E-state index is 2.73. The van der Waals surface area contributed by atoms with E-state index in [0.29, 0.717) is 5.54 Å². The second-order valence-electron chi connectivity index (χ2n) is 6.25. The summed E-state index contributed by atoms with van der Waals surface area (Å²) in [5.41, 5.74) is 0.345. The number of hydrogen-bond acceptors (Lipinski definition) is 1. The summed E-state index contributed by atoms with van der Waals surface area (Å²) in [6.45, 7) is 17.9. The number of likely N-dealkylation sites (tertiary alicyclic amines) is 1. The number of rotatable bonds is 3. The van der Waals surface area contributed by atoms with Gasteiger partial charge in [-0.25, -0.2) is 0 Å². The average molecular weight is 211 g/mol. The molecule has 0 saturated carbocycles. The second-order valence-corrected chi connectivity index (χ2v) is 6.25. The van der Waals surface area contributed by atoms with Crippen molar-refractivity contribution in [3.8, 4) is 0 Å². The number of hydrogen-bond donors (Lipinski definition) is 0. The Labute approximate surface area is 96.2 Å². The second kappa shape index (κ2) is 4.45. The number of nitrogens with zero attached hydrogens (tertiary/aromatic N) is 1. The molecule has 90 valence electrons. The van der Waals surface area contributed by atoms with Crippen LogP contribution in [-0.4, -0.2) is 23.0 Å². The van der Waals surface area contributed by atoms with Crippen molar-refractivity contribution in [2.45, 2.75) is 66.5 Å². The first-order valence-electron chi connectivity index (χ1n) is 6.59. The standard InChI is InChI=1S/C14H29N/c1-8-13-11(4)9-15(12(13)5)14(6,7)10(2)3/h10-13H,8-9H2,1-7H3/t11-,12?,13+/m0/s1. The zero-order valence-electron chi connectivity index (χ0n) is 11.7. The molecule has 1 heteroatoms. The van der Waals surface area contributed by atoms with E-state index in [1.807, 2.05) is 0 Å². The van der Waals surface area contributed by atoms with Gasteiger partial charge in [0.05, 0.1) is 0 Å². The van der Waals surface area contributed by atoms with Crippen LogP contribution < -0.4 is 0 Å². The van der Waals surface area contributed by atoms with Crippen molar-refractivity contribution in [2.75, 3.05) is 6.54 Å². The third-order valence-corrected chi connectivity index (χ3v) is 4.95. The molecule has 1 fully saturated rings. The minimum atomic E-state index is 0.345. The van der Waals surface area contributed by atoms with Gasteiger partial charge in [-0.05, 0) is 38.5 Å². The molecular weight excluding hydrogens is 182 g/mol. The zero-order chi connectivity index (χ0) is 11.8. The summed E-state index contributed by atoms with van der Waals surface area (Å²) in [4.78, 5) is 2.73. The Kier molecular flexibility index (Phi) is 3.86. The van der Waals surface area contributed by atoms with Crippen LogP contribution >= 0.6 is 0 Å². The van der Waals surface area contributed by atoms with Crippen LogP contribution in [0.15, 0.2) is 0 Å². The Hall–Kier alpha value is -0.0400. The van der Waals surface area contributed by atoms with E-state index >= 15 is 0 Å².